The molecule has 1 aromatic heterocycles. The van der Waals surface area contributed by atoms with Crippen LogP contribution in [0.25, 0.3) is 0 Å². The molecule has 3 N–H and O–H groups in total. The van der Waals surface area contributed by atoms with Gasteiger partial charge in [0.15, 0.2) is 0 Å². The molecule has 124 valence electrons. The molecule has 8 heteroatoms. The molecule has 0 aliphatic rings. The van der Waals surface area contributed by atoms with Crippen molar-refractivity contribution in [2.45, 2.75) is 10.8 Å². The number of carbonyl (C=O) groups is 1. The lowest BCUT2D eigenvalue weighted by Crippen LogP contribution is -2.35. The third-order valence-electron chi connectivity index (χ3n) is 3.32. The van der Waals surface area contributed by atoms with Crippen LogP contribution >= 0.6 is 11.3 Å². The Morgan fingerprint density at radius 1 is 1.26 bits per heavy atom. The van der Waals surface area contributed by atoms with Gasteiger partial charge in [-0.15, -0.1) is 11.3 Å². The molecule has 2 rings (SSSR count). The molecule has 1 aromatic carbocycles. The third kappa shape index (κ3) is 4.38. The topological polar surface area (TPSA) is 92.5 Å². The Hall–Kier alpha value is -1.74. The zero-order chi connectivity index (χ0) is 16.9. The standard InChI is InChI=1S/C15H19N3O3S2/c1-18(23(20,21)14-3-2-10-22-14)9-8-17-15(19)13-6-4-12(11-16)5-7-13/h2-7,10H,8-9,11,16H2,1H3,(H,17,19). The maximum absolute atomic E-state index is 12.2. The minimum Gasteiger partial charge on any atom is -0.351 e. The quantitative estimate of drug-likeness (QED) is 0.784. The molecule has 23 heavy (non-hydrogen) atoms. The van der Waals surface area contributed by atoms with Gasteiger partial charge >= 0.3 is 0 Å². The molecule has 1 heterocycles. The zero-order valence-corrected chi connectivity index (χ0v) is 14.4. The molecule has 1 amide bonds. The molecule has 6 nitrogen and oxygen atoms in total. The average molecular weight is 353 g/mol. The summed E-state index contributed by atoms with van der Waals surface area (Å²) in [7, 11) is -1.98. The molecular formula is C15H19N3O3S2. The fourth-order valence-corrected chi connectivity index (χ4v) is 4.28. The van der Waals surface area contributed by atoms with Gasteiger partial charge in [-0.1, -0.05) is 18.2 Å². The lowest BCUT2D eigenvalue weighted by atomic mass is 10.1. The fraction of sp³-hybridized carbons (Fsp3) is 0.267. The summed E-state index contributed by atoms with van der Waals surface area (Å²) in [5.74, 6) is -0.240. The number of benzene rings is 1. The largest absolute Gasteiger partial charge is 0.351 e. The normalized spacial score (nSPS) is 11.6. The average Bonchev–Trinajstić information content (AvgIpc) is 3.10. The van der Waals surface area contributed by atoms with Gasteiger partial charge < -0.3 is 11.1 Å². The summed E-state index contributed by atoms with van der Waals surface area (Å²) in [4.78, 5) is 12.0. The molecule has 0 unspecified atom stereocenters. The van der Waals surface area contributed by atoms with Gasteiger partial charge in [-0.25, -0.2) is 8.42 Å². The first-order valence-corrected chi connectivity index (χ1v) is 9.34. The Morgan fingerprint density at radius 3 is 2.52 bits per heavy atom. The van der Waals surface area contributed by atoms with Gasteiger partial charge in [0.1, 0.15) is 4.21 Å². The van der Waals surface area contributed by atoms with Crippen LogP contribution in [0.5, 0.6) is 0 Å². The van der Waals surface area contributed by atoms with E-state index in [9.17, 15) is 13.2 Å². The Labute approximate surface area is 140 Å². The monoisotopic (exact) mass is 353 g/mol. The minimum atomic E-state index is -3.48. The van der Waals surface area contributed by atoms with Crippen molar-refractivity contribution in [1.29, 1.82) is 0 Å². The molecule has 0 saturated heterocycles. The van der Waals surface area contributed by atoms with Crippen molar-refractivity contribution in [3.8, 4) is 0 Å². The highest BCUT2D eigenvalue weighted by atomic mass is 32.2. The maximum Gasteiger partial charge on any atom is 0.252 e. The van der Waals surface area contributed by atoms with E-state index in [-0.39, 0.29) is 19.0 Å². The Morgan fingerprint density at radius 2 is 1.96 bits per heavy atom. The van der Waals surface area contributed by atoms with Crippen LogP contribution < -0.4 is 11.1 Å². The van der Waals surface area contributed by atoms with Gasteiger partial charge in [-0.3, -0.25) is 4.79 Å². The first-order valence-electron chi connectivity index (χ1n) is 7.02. The predicted molar refractivity (Wildman–Crippen MR) is 90.8 cm³/mol. The van der Waals surface area contributed by atoms with Crippen molar-refractivity contribution in [2.24, 2.45) is 5.73 Å². The van der Waals surface area contributed by atoms with E-state index in [1.807, 2.05) is 0 Å². The van der Waals surface area contributed by atoms with Crippen molar-refractivity contribution in [3.05, 3.63) is 52.9 Å². The van der Waals surface area contributed by atoms with Gasteiger partial charge in [0, 0.05) is 32.2 Å². The highest BCUT2D eigenvalue weighted by Crippen LogP contribution is 2.19. The van der Waals surface area contributed by atoms with Crippen molar-refractivity contribution in [1.82, 2.24) is 9.62 Å². The van der Waals surface area contributed by atoms with E-state index in [0.29, 0.717) is 16.3 Å². The molecule has 0 radical (unpaired) electrons. The summed E-state index contributed by atoms with van der Waals surface area (Å²) >= 11 is 1.17. The summed E-state index contributed by atoms with van der Waals surface area (Å²) in [6, 6.07) is 10.2. The summed E-state index contributed by atoms with van der Waals surface area (Å²) in [5.41, 5.74) is 6.98. The Balaban J connectivity index is 1.87. The van der Waals surface area contributed by atoms with Crippen LogP contribution in [0.4, 0.5) is 0 Å². The van der Waals surface area contributed by atoms with Crippen LogP contribution in [-0.4, -0.2) is 38.8 Å². The first kappa shape index (κ1) is 17.6. The van der Waals surface area contributed by atoms with Crippen LogP contribution in [0, 0.1) is 0 Å². The number of hydrogen-bond donors (Lipinski definition) is 2. The predicted octanol–water partition coefficient (Wildman–Crippen LogP) is 1.26. The number of nitrogens with one attached hydrogen (secondary N) is 1. The third-order valence-corrected chi connectivity index (χ3v) is 6.55. The van der Waals surface area contributed by atoms with Crippen LogP contribution in [0.15, 0.2) is 46.0 Å². The zero-order valence-electron chi connectivity index (χ0n) is 12.7. The summed E-state index contributed by atoms with van der Waals surface area (Å²) in [6.45, 7) is 0.860. The molecular weight excluding hydrogens is 334 g/mol. The highest BCUT2D eigenvalue weighted by molar-refractivity contribution is 7.91. The van der Waals surface area contributed by atoms with E-state index in [1.165, 1.54) is 22.7 Å². The van der Waals surface area contributed by atoms with Gasteiger partial charge in [0.05, 0.1) is 0 Å². The molecule has 0 aliphatic carbocycles. The number of nitrogens with zero attached hydrogens (tertiary/aromatic N) is 1. The van der Waals surface area contributed by atoms with Crippen molar-refractivity contribution in [2.75, 3.05) is 20.1 Å². The van der Waals surface area contributed by atoms with Crippen molar-refractivity contribution >= 4 is 27.3 Å². The second-order valence-corrected chi connectivity index (χ2v) is 8.14. The van der Waals surface area contributed by atoms with E-state index in [2.05, 4.69) is 5.32 Å². The molecule has 0 saturated carbocycles. The van der Waals surface area contributed by atoms with E-state index >= 15 is 0 Å². The molecule has 0 atom stereocenters. The highest BCUT2D eigenvalue weighted by Gasteiger charge is 2.21. The second kappa shape index (κ2) is 7.69. The van der Waals surface area contributed by atoms with E-state index in [1.54, 1.807) is 41.8 Å². The number of likely N-dealkylation sites (N-methyl/N-ethyl adjacent to an activating group) is 1. The Bertz CT molecular complexity index is 741. The maximum atomic E-state index is 12.2. The smallest absolute Gasteiger partial charge is 0.252 e. The van der Waals surface area contributed by atoms with Gasteiger partial charge in [-0.05, 0) is 29.1 Å². The van der Waals surface area contributed by atoms with E-state index in [4.69, 9.17) is 5.73 Å². The van der Waals surface area contributed by atoms with Crippen LogP contribution in [0.3, 0.4) is 0 Å². The number of carbonyl (C=O) groups excluding carboxylic acids is 1. The van der Waals surface area contributed by atoms with Crippen LogP contribution in [-0.2, 0) is 16.6 Å². The Kier molecular flexibility index (Phi) is 5.89. The van der Waals surface area contributed by atoms with Crippen LogP contribution in [0.1, 0.15) is 15.9 Å². The number of sulfonamides is 1. The molecule has 0 bridgehead atoms. The SMILES string of the molecule is CN(CCNC(=O)c1ccc(CN)cc1)S(=O)(=O)c1cccs1. The summed E-state index contributed by atoms with van der Waals surface area (Å²) in [5, 5.41) is 4.43. The lowest BCUT2D eigenvalue weighted by molar-refractivity contribution is 0.0952. The van der Waals surface area contributed by atoms with Gasteiger partial charge in [-0.2, -0.15) is 4.31 Å². The number of amides is 1. The summed E-state index contributed by atoms with van der Waals surface area (Å²) in [6.07, 6.45) is 0. The summed E-state index contributed by atoms with van der Waals surface area (Å²) < 4.78 is 26.0. The van der Waals surface area contributed by atoms with Gasteiger partial charge in [0.2, 0.25) is 0 Å². The van der Waals surface area contributed by atoms with Crippen molar-refractivity contribution < 1.29 is 13.2 Å². The fourth-order valence-electron chi connectivity index (χ4n) is 1.91. The molecule has 0 spiro atoms. The molecule has 0 aliphatic heterocycles. The van der Waals surface area contributed by atoms with Crippen LogP contribution in [0.2, 0.25) is 0 Å². The van der Waals surface area contributed by atoms with Gasteiger partial charge in [0.25, 0.3) is 15.9 Å². The minimum absolute atomic E-state index is 0.201. The van der Waals surface area contributed by atoms with E-state index < -0.39 is 10.0 Å². The first-order chi connectivity index (χ1) is 10.9. The number of nitrogens with two attached hydrogens (primary N) is 1. The van der Waals surface area contributed by atoms with Crippen molar-refractivity contribution in [3.63, 3.8) is 0 Å². The van der Waals surface area contributed by atoms with E-state index in [0.717, 1.165) is 5.56 Å². The number of hydrogen-bond acceptors (Lipinski definition) is 5. The number of rotatable bonds is 7. The molecule has 2 aromatic rings. The lowest BCUT2D eigenvalue weighted by Gasteiger charge is -2.16. The molecule has 0 fully saturated rings. The number of thiophene rings is 1. The second-order valence-electron chi connectivity index (χ2n) is 4.92.